The number of nitrogens with two attached hydrogens (primary N) is 1. The van der Waals surface area contributed by atoms with Crippen LogP contribution in [0.2, 0.25) is 5.28 Å². The molecule has 0 fully saturated rings. The van der Waals surface area contributed by atoms with Crippen molar-refractivity contribution >= 4 is 44.3 Å². The fourth-order valence-electron chi connectivity index (χ4n) is 2.61. The Morgan fingerprint density at radius 1 is 1.30 bits per heavy atom. The molecule has 0 amide bonds. The summed E-state index contributed by atoms with van der Waals surface area (Å²) in [5.74, 6) is 0. The normalized spacial score (nSPS) is 13.0. The molecule has 0 radical (unpaired) electrons. The van der Waals surface area contributed by atoms with Crippen LogP contribution >= 0.6 is 22.9 Å². The largest absolute Gasteiger partial charge is 0.324 e. The van der Waals surface area contributed by atoms with Crippen LogP contribution in [0.3, 0.4) is 0 Å². The highest BCUT2D eigenvalue weighted by atomic mass is 35.5. The summed E-state index contributed by atoms with van der Waals surface area (Å²) in [6.45, 7) is 1.97. The lowest BCUT2D eigenvalue weighted by molar-refractivity contribution is 0.819. The molecule has 0 bridgehead atoms. The van der Waals surface area contributed by atoms with Gasteiger partial charge < -0.3 is 10.3 Å². The summed E-state index contributed by atoms with van der Waals surface area (Å²) < 4.78 is 1.84. The summed E-state index contributed by atoms with van der Waals surface area (Å²) in [5.41, 5.74) is 10.6. The lowest BCUT2D eigenvalue weighted by atomic mass is 10.1. The van der Waals surface area contributed by atoms with Crippen LogP contribution in [0.1, 0.15) is 18.5 Å². The second-order valence-corrected chi connectivity index (χ2v) is 6.83. The minimum Gasteiger partial charge on any atom is -0.324 e. The Morgan fingerprint density at radius 2 is 2.13 bits per heavy atom. The van der Waals surface area contributed by atoms with Crippen LogP contribution < -0.4 is 5.73 Å². The van der Waals surface area contributed by atoms with Gasteiger partial charge in [-0.2, -0.15) is 0 Å². The monoisotopic (exact) mass is 343 g/mol. The number of hydrogen-bond donors (Lipinski definition) is 1. The highest BCUT2D eigenvalue weighted by Crippen LogP contribution is 2.34. The van der Waals surface area contributed by atoms with E-state index in [2.05, 4.69) is 16.0 Å². The molecule has 0 saturated heterocycles. The number of hydrogen-bond acceptors (Lipinski definition) is 5. The van der Waals surface area contributed by atoms with Crippen LogP contribution in [0, 0.1) is 0 Å². The van der Waals surface area contributed by atoms with Crippen molar-refractivity contribution < 1.29 is 0 Å². The van der Waals surface area contributed by atoms with Crippen molar-refractivity contribution in [3.05, 3.63) is 41.3 Å². The van der Waals surface area contributed by atoms with E-state index in [0.717, 1.165) is 37.5 Å². The summed E-state index contributed by atoms with van der Waals surface area (Å²) >= 11 is 7.67. The zero-order valence-electron chi connectivity index (χ0n) is 12.6. The Bertz CT molecular complexity index is 1030. The van der Waals surface area contributed by atoms with Gasteiger partial charge in [-0.25, -0.2) is 15.0 Å². The summed E-state index contributed by atoms with van der Waals surface area (Å²) in [6.07, 6.45) is 1.74. The predicted octanol–water partition coefficient (Wildman–Crippen LogP) is 3.92. The Kier molecular flexibility index (Phi) is 3.33. The Hall–Kier alpha value is -2.02. The number of thiazole rings is 1. The maximum Gasteiger partial charge on any atom is 0.203 e. The highest BCUT2D eigenvalue weighted by molar-refractivity contribution is 7.21. The van der Waals surface area contributed by atoms with E-state index in [1.807, 2.05) is 36.7 Å². The number of aryl methyl sites for hydroxylation is 1. The molecule has 1 aromatic carbocycles. The van der Waals surface area contributed by atoms with E-state index in [9.17, 15) is 0 Å². The number of imidazole rings is 1. The van der Waals surface area contributed by atoms with Gasteiger partial charge in [0.25, 0.3) is 0 Å². The number of halogens is 1. The molecule has 4 aromatic rings. The quantitative estimate of drug-likeness (QED) is 0.599. The fraction of sp³-hybridized carbons (Fsp3) is 0.188. The number of nitrogens with zero attached hydrogens (tertiary/aromatic N) is 4. The highest BCUT2D eigenvalue weighted by Gasteiger charge is 2.15. The molecule has 0 saturated carbocycles. The summed E-state index contributed by atoms with van der Waals surface area (Å²) in [7, 11) is 1.88. The van der Waals surface area contributed by atoms with Gasteiger partial charge in [-0.1, -0.05) is 29.5 Å². The first kappa shape index (κ1) is 14.6. The lowest BCUT2D eigenvalue weighted by Gasteiger charge is -2.06. The molecule has 0 aliphatic rings. The van der Waals surface area contributed by atoms with Crippen molar-refractivity contribution in [3.63, 3.8) is 0 Å². The van der Waals surface area contributed by atoms with E-state index in [0.29, 0.717) is 5.28 Å². The number of pyridine rings is 1. The van der Waals surface area contributed by atoms with E-state index >= 15 is 0 Å². The molecule has 116 valence electrons. The van der Waals surface area contributed by atoms with Crippen molar-refractivity contribution in [1.29, 1.82) is 0 Å². The van der Waals surface area contributed by atoms with Crippen LogP contribution in [-0.2, 0) is 7.05 Å². The Balaban J connectivity index is 1.95. The summed E-state index contributed by atoms with van der Waals surface area (Å²) in [4.78, 5) is 14.4. The summed E-state index contributed by atoms with van der Waals surface area (Å²) in [5, 5.41) is 1.35. The lowest BCUT2D eigenvalue weighted by Crippen LogP contribution is -2.04. The fourth-order valence-corrected chi connectivity index (χ4v) is 3.70. The maximum absolute atomic E-state index is 6.12. The molecular formula is C16H14ClN5S. The van der Waals surface area contributed by atoms with Crippen molar-refractivity contribution in [1.82, 2.24) is 19.5 Å². The molecule has 3 aromatic heterocycles. The zero-order valence-corrected chi connectivity index (χ0v) is 14.2. The first-order chi connectivity index (χ1) is 11.0. The van der Waals surface area contributed by atoms with Crippen molar-refractivity contribution in [3.8, 4) is 10.6 Å². The van der Waals surface area contributed by atoms with Crippen LogP contribution in [0.15, 0.2) is 30.5 Å². The minimum absolute atomic E-state index is 0.00922. The predicted molar refractivity (Wildman–Crippen MR) is 94.7 cm³/mol. The van der Waals surface area contributed by atoms with E-state index in [-0.39, 0.29) is 6.04 Å². The SMILES string of the molecule is C[C@H](N)c1cccc(-c2nc3c(ncc4nc(Cl)n(C)c43)s2)c1. The van der Waals surface area contributed by atoms with E-state index in [1.54, 1.807) is 17.5 Å². The smallest absolute Gasteiger partial charge is 0.203 e. The molecule has 0 spiro atoms. The van der Waals surface area contributed by atoms with Gasteiger partial charge in [0, 0.05) is 18.7 Å². The van der Waals surface area contributed by atoms with Crippen LogP contribution in [0.5, 0.6) is 0 Å². The van der Waals surface area contributed by atoms with Gasteiger partial charge in [0.15, 0.2) is 0 Å². The first-order valence-corrected chi connectivity index (χ1v) is 8.37. The second kappa shape index (κ2) is 5.26. The molecule has 0 aliphatic heterocycles. The van der Waals surface area contributed by atoms with Gasteiger partial charge in [-0.3, -0.25) is 0 Å². The molecule has 0 aliphatic carbocycles. The Morgan fingerprint density at radius 3 is 2.91 bits per heavy atom. The third kappa shape index (κ3) is 2.30. The molecule has 1 atom stereocenters. The Labute approximate surface area is 141 Å². The number of aromatic nitrogens is 4. The topological polar surface area (TPSA) is 69.6 Å². The first-order valence-electron chi connectivity index (χ1n) is 7.18. The van der Waals surface area contributed by atoms with Crippen LogP contribution in [-0.4, -0.2) is 19.5 Å². The standard InChI is InChI=1S/C16H14ClN5S/c1-8(18)9-4-3-5-10(6-9)14-21-12-13-11(7-19-15(12)23-14)20-16(17)22(13)2/h3-8H,18H2,1-2H3/t8-/m0/s1. The van der Waals surface area contributed by atoms with E-state index in [1.165, 1.54) is 0 Å². The van der Waals surface area contributed by atoms with Gasteiger partial charge >= 0.3 is 0 Å². The molecule has 2 N–H and O–H groups in total. The van der Waals surface area contributed by atoms with Gasteiger partial charge in [-0.05, 0) is 30.2 Å². The maximum atomic E-state index is 6.12. The van der Waals surface area contributed by atoms with Crippen molar-refractivity contribution in [2.75, 3.05) is 0 Å². The molecule has 5 nitrogen and oxygen atoms in total. The number of rotatable bonds is 2. The zero-order chi connectivity index (χ0) is 16.1. The number of benzene rings is 1. The van der Waals surface area contributed by atoms with Gasteiger partial charge in [-0.15, -0.1) is 0 Å². The summed E-state index contributed by atoms with van der Waals surface area (Å²) in [6, 6.07) is 8.14. The molecule has 3 heterocycles. The average molecular weight is 344 g/mol. The third-order valence-electron chi connectivity index (χ3n) is 3.86. The van der Waals surface area contributed by atoms with Gasteiger partial charge in [0.2, 0.25) is 5.28 Å². The molecule has 23 heavy (non-hydrogen) atoms. The molecule has 0 unspecified atom stereocenters. The number of fused-ring (bicyclic) bond motifs is 3. The van der Waals surface area contributed by atoms with Gasteiger partial charge in [0.05, 0.1) is 11.7 Å². The van der Waals surface area contributed by atoms with Gasteiger partial charge in [0.1, 0.15) is 20.9 Å². The average Bonchev–Trinajstić information content (AvgIpc) is 3.09. The molecule has 7 heteroatoms. The van der Waals surface area contributed by atoms with E-state index < -0.39 is 0 Å². The van der Waals surface area contributed by atoms with Crippen molar-refractivity contribution in [2.45, 2.75) is 13.0 Å². The molecule has 4 rings (SSSR count). The minimum atomic E-state index is -0.00922. The second-order valence-electron chi connectivity index (χ2n) is 5.52. The van der Waals surface area contributed by atoms with Crippen LogP contribution in [0.25, 0.3) is 32.0 Å². The third-order valence-corrected chi connectivity index (χ3v) is 5.22. The van der Waals surface area contributed by atoms with E-state index in [4.69, 9.17) is 22.3 Å². The molecular weight excluding hydrogens is 330 g/mol. The van der Waals surface area contributed by atoms with Crippen LogP contribution in [0.4, 0.5) is 0 Å². The van der Waals surface area contributed by atoms with Crippen molar-refractivity contribution in [2.24, 2.45) is 12.8 Å².